The Labute approximate surface area is 94.2 Å². The smallest absolute Gasteiger partial charge is 0.0115 e. The summed E-state index contributed by atoms with van der Waals surface area (Å²) < 4.78 is 0. The van der Waals surface area contributed by atoms with E-state index in [-0.39, 0.29) is 0 Å². The molecule has 1 heterocycles. The number of hydrogen-bond acceptors (Lipinski definition) is 2. The molecule has 88 valence electrons. The maximum Gasteiger partial charge on any atom is 0.0115 e. The highest BCUT2D eigenvalue weighted by atomic mass is 15.1. The van der Waals surface area contributed by atoms with E-state index in [9.17, 15) is 0 Å². The van der Waals surface area contributed by atoms with Crippen LogP contribution < -0.4 is 5.73 Å². The molecule has 0 aromatic heterocycles. The monoisotopic (exact) mass is 210 g/mol. The third-order valence-electron chi connectivity index (χ3n) is 4.38. The van der Waals surface area contributed by atoms with Crippen molar-refractivity contribution in [3.8, 4) is 0 Å². The van der Waals surface area contributed by atoms with Gasteiger partial charge in [0.15, 0.2) is 0 Å². The van der Waals surface area contributed by atoms with Crippen LogP contribution >= 0.6 is 0 Å². The van der Waals surface area contributed by atoms with Gasteiger partial charge in [0.25, 0.3) is 0 Å². The summed E-state index contributed by atoms with van der Waals surface area (Å²) in [5.74, 6) is 0.982. The SMILES string of the molecule is CC1(C)CN(CC2CCCC2)CCC1N. The van der Waals surface area contributed by atoms with Gasteiger partial charge in [0, 0.05) is 19.1 Å². The van der Waals surface area contributed by atoms with Gasteiger partial charge in [0.05, 0.1) is 0 Å². The molecule has 1 aliphatic carbocycles. The molecule has 2 N–H and O–H groups in total. The van der Waals surface area contributed by atoms with Crippen molar-refractivity contribution in [2.24, 2.45) is 17.1 Å². The van der Waals surface area contributed by atoms with Crippen LogP contribution in [0.15, 0.2) is 0 Å². The Hall–Kier alpha value is -0.0800. The van der Waals surface area contributed by atoms with Gasteiger partial charge >= 0.3 is 0 Å². The lowest BCUT2D eigenvalue weighted by atomic mass is 9.79. The Morgan fingerprint density at radius 1 is 1.20 bits per heavy atom. The van der Waals surface area contributed by atoms with E-state index in [2.05, 4.69) is 18.7 Å². The average molecular weight is 210 g/mol. The zero-order valence-corrected chi connectivity index (χ0v) is 10.3. The summed E-state index contributed by atoms with van der Waals surface area (Å²) in [6, 6.07) is 0.400. The van der Waals surface area contributed by atoms with Crippen molar-refractivity contribution >= 4 is 0 Å². The van der Waals surface area contributed by atoms with Crippen molar-refractivity contribution in [2.45, 2.75) is 52.0 Å². The van der Waals surface area contributed by atoms with E-state index in [0.717, 1.165) is 5.92 Å². The molecule has 0 aromatic carbocycles. The van der Waals surface area contributed by atoms with Gasteiger partial charge in [-0.15, -0.1) is 0 Å². The molecule has 0 spiro atoms. The molecule has 2 rings (SSSR count). The van der Waals surface area contributed by atoms with Crippen LogP contribution in [0.5, 0.6) is 0 Å². The molecule has 2 nitrogen and oxygen atoms in total. The summed E-state index contributed by atoms with van der Waals surface area (Å²) in [7, 11) is 0. The summed E-state index contributed by atoms with van der Waals surface area (Å²) in [5, 5.41) is 0. The topological polar surface area (TPSA) is 29.3 Å². The molecule has 1 saturated carbocycles. The van der Waals surface area contributed by atoms with Gasteiger partial charge < -0.3 is 10.6 Å². The number of rotatable bonds is 2. The Bertz CT molecular complexity index is 207. The van der Waals surface area contributed by atoms with Crippen molar-refractivity contribution in [2.75, 3.05) is 19.6 Å². The normalized spacial score (nSPS) is 33.4. The third kappa shape index (κ3) is 2.73. The molecule has 1 unspecified atom stereocenters. The van der Waals surface area contributed by atoms with Crippen LogP contribution in [0.3, 0.4) is 0 Å². The second-order valence-electron chi connectivity index (χ2n) is 6.27. The zero-order chi connectivity index (χ0) is 10.9. The fraction of sp³-hybridized carbons (Fsp3) is 1.00. The van der Waals surface area contributed by atoms with Crippen LogP contribution in [0.2, 0.25) is 0 Å². The van der Waals surface area contributed by atoms with Crippen molar-refractivity contribution in [1.82, 2.24) is 4.90 Å². The summed E-state index contributed by atoms with van der Waals surface area (Å²) in [5.41, 5.74) is 6.47. The Morgan fingerprint density at radius 3 is 2.47 bits per heavy atom. The minimum Gasteiger partial charge on any atom is -0.327 e. The summed E-state index contributed by atoms with van der Waals surface area (Å²) in [6.45, 7) is 8.39. The predicted octanol–water partition coefficient (Wildman–Crippen LogP) is 2.24. The van der Waals surface area contributed by atoms with Gasteiger partial charge in [-0.3, -0.25) is 0 Å². The molecule has 0 aromatic rings. The summed E-state index contributed by atoms with van der Waals surface area (Å²) >= 11 is 0. The molecule has 1 aliphatic heterocycles. The van der Waals surface area contributed by atoms with Crippen LogP contribution in [0.1, 0.15) is 46.0 Å². The van der Waals surface area contributed by atoms with Gasteiger partial charge in [-0.1, -0.05) is 26.7 Å². The molecular formula is C13H26N2. The van der Waals surface area contributed by atoms with Crippen molar-refractivity contribution in [1.29, 1.82) is 0 Å². The fourth-order valence-electron chi connectivity index (χ4n) is 3.20. The molecule has 0 amide bonds. The standard InChI is InChI=1S/C13H26N2/c1-13(2)10-15(8-7-12(13)14)9-11-5-3-4-6-11/h11-12H,3-10,14H2,1-2H3. The van der Waals surface area contributed by atoms with Crippen LogP contribution in [0.4, 0.5) is 0 Å². The van der Waals surface area contributed by atoms with Crippen LogP contribution in [-0.4, -0.2) is 30.6 Å². The lowest BCUT2D eigenvalue weighted by molar-refractivity contribution is 0.0828. The van der Waals surface area contributed by atoms with Crippen LogP contribution in [0, 0.1) is 11.3 Å². The van der Waals surface area contributed by atoms with Gasteiger partial charge in [0.2, 0.25) is 0 Å². The van der Waals surface area contributed by atoms with Gasteiger partial charge in [-0.2, -0.15) is 0 Å². The maximum absolute atomic E-state index is 6.16. The first-order valence-corrected chi connectivity index (χ1v) is 6.56. The molecule has 15 heavy (non-hydrogen) atoms. The summed E-state index contributed by atoms with van der Waals surface area (Å²) in [6.07, 6.45) is 7.02. The maximum atomic E-state index is 6.16. The molecule has 1 atom stereocenters. The highest BCUT2D eigenvalue weighted by Gasteiger charge is 2.34. The van der Waals surface area contributed by atoms with Crippen molar-refractivity contribution < 1.29 is 0 Å². The van der Waals surface area contributed by atoms with Crippen molar-refractivity contribution in [3.05, 3.63) is 0 Å². The first-order chi connectivity index (χ1) is 7.08. The van der Waals surface area contributed by atoms with E-state index in [1.807, 2.05) is 0 Å². The zero-order valence-electron chi connectivity index (χ0n) is 10.3. The second kappa shape index (κ2) is 4.42. The van der Waals surface area contributed by atoms with Gasteiger partial charge in [0.1, 0.15) is 0 Å². The van der Waals surface area contributed by atoms with Crippen LogP contribution in [-0.2, 0) is 0 Å². The quantitative estimate of drug-likeness (QED) is 0.757. The lowest BCUT2D eigenvalue weighted by Crippen LogP contribution is -2.53. The third-order valence-corrected chi connectivity index (χ3v) is 4.38. The Balaban J connectivity index is 1.83. The number of hydrogen-bond donors (Lipinski definition) is 1. The first-order valence-electron chi connectivity index (χ1n) is 6.56. The largest absolute Gasteiger partial charge is 0.327 e. The Morgan fingerprint density at radius 2 is 1.87 bits per heavy atom. The molecule has 0 radical (unpaired) electrons. The molecular weight excluding hydrogens is 184 g/mol. The molecule has 2 fully saturated rings. The van der Waals surface area contributed by atoms with Crippen LogP contribution in [0.25, 0.3) is 0 Å². The lowest BCUT2D eigenvalue weighted by Gasteiger charge is -2.43. The number of nitrogens with zero attached hydrogens (tertiary/aromatic N) is 1. The highest BCUT2D eigenvalue weighted by molar-refractivity contribution is 4.90. The van der Waals surface area contributed by atoms with E-state index in [0.29, 0.717) is 11.5 Å². The Kier molecular flexibility index (Phi) is 3.36. The summed E-state index contributed by atoms with van der Waals surface area (Å²) in [4.78, 5) is 2.65. The minimum absolute atomic E-state index is 0.316. The van der Waals surface area contributed by atoms with E-state index in [1.54, 1.807) is 0 Å². The van der Waals surface area contributed by atoms with Crippen molar-refractivity contribution in [3.63, 3.8) is 0 Å². The predicted molar refractivity (Wildman–Crippen MR) is 64.8 cm³/mol. The van der Waals surface area contributed by atoms with E-state index >= 15 is 0 Å². The number of piperidine rings is 1. The molecule has 2 aliphatic rings. The second-order valence-corrected chi connectivity index (χ2v) is 6.27. The van der Waals surface area contributed by atoms with E-state index in [1.165, 1.54) is 51.7 Å². The molecule has 0 bridgehead atoms. The first kappa shape index (κ1) is 11.4. The number of likely N-dealkylation sites (tertiary alicyclic amines) is 1. The minimum atomic E-state index is 0.316. The number of nitrogens with two attached hydrogens (primary N) is 1. The highest BCUT2D eigenvalue weighted by Crippen LogP contribution is 2.31. The van der Waals surface area contributed by atoms with E-state index < -0.39 is 0 Å². The van der Waals surface area contributed by atoms with Gasteiger partial charge in [-0.05, 0) is 37.1 Å². The average Bonchev–Trinajstić information content (AvgIpc) is 2.63. The molecule has 1 saturated heterocycles. The van der Waals surface area contributed by atoms with E-state index in [4.69, 9.17) is 5.73 Å². The fourth-order valence-corrected chi connectivity index (χ4v) is 3.20. The van der Waals surface area contributed by atoms with Gasteiger partial charge in [-0.25, -0.2) is 0 Å². The molecule has 2 heteroatoms.